The van der Waals surface area contributed by atoms with Crippen molar-refractivity contribution < 1.29 is 34.2 Å². The average Bonchev–Trinajstić information content (AvgIpc) is 2.53. The van der Waals surface area contributed by atoms with Gasteiger partial charge in [0.1, 0.15) is 0 Å². The molecule has 0 aliphatic carbocycles. The molecule has 12 heteroatoms. The molecular weight excluding hydrogens is 384 g/mol. The van der Waals surface area contributed by atoms with E-state index in [1.54, 1.807) is 0 Å². The molecular formula is C12H32O8Si4. The van der Waals surface area contributed by atoms with Crippen molar-refractivity contribution in [1.29, 1.82) is 0 Å². The second-order valence-electron chi connectivity index (χ2n) is 5.09. The van der Waals surface area contributed by atoms with E-state index in [0.717, 1.165) is 6.42 Å². The van der Waals surface area contributed by atoms with Gasteiger partial charge in [-0.15, -0.1) is 0 Å². The van der Waals surface area contributed by atoms with E-state index in [2.05, 4.69) is 13.8 Å². The van der Waals surface area contributed by atoms with Gasteiger partial charge in [-0.2, -0.15) is 0 Å². The second kappa shape index (κ2) is 12.0. The summed E-state index contributed by atoms with van der Waals surface area (Å²) < 4.78 is 47.5. The first-order valence-electron chi connectivity index (χ1n) is 8.70. The van der Waals surface area contributed by atoms with Crippen LogP contribution in [0.5, 0.6) is 0 Å². The van der Waals surface area contributed by atoms with Crippen LogP contribution in [0, 0.1) is 0 Å². The lowest BCUT2D eigenvalue weighted by atomic mass is 10.4. The van der Waals surface area contributed by atoms with Gasteiger partial charge in [0.15, 0.2) is 0 Å². The van der Waals surface area contributed by atoms with E-state index in [1.807, 2.05) is 27.7 Å². The van der Waals surface area contributed by atoms with Gasteiger partial charge >= 0.3 is 37.4 Å². The van der Waals surface area contributed by atoms with Gasteiger partial charge in [-0.3, -0.25) is 0 Å². The summed E-state index contributed by atoms with van der Waals surface area (Å²) in [6.45, 7) is 13.8. The molecule has 0 N–H and O–H groups in total. The Morgan fingerprint density at radius 2 is 1.21 bits per heavy atom. The van der Waals surface area contributed by atoms with E-state index in [0.29, 0.717) is 26.4 Å². The Kier molecular flexibility index (Phi) is 11.3. The zero-order valence-electron chi connectivity index (χ0n) is 15.6. The van der Waals surface area contributed by atoms with Crippen molar-refractivity contribution >= 4 is 37.4 Å². The van der Waals surface area contributed by atoms with Crippen LogP contribution in [0.3, 0.4) is 0 Å². The standard InChI is InChI=1S/C12H32O8Si4/c1-7-12(6)24(16-11-5)19-22(14-9-3)17-21(13-8-2)18-23(20-24)15-10-4/h12,21-23H,7-11H2,1-6H3. The third kappa shape index (κ3) is 6.69. The molecule has 0 aromatic heterocycles. The van der Waals surface area contributed by atoms with E-state index in [-0.39, 0.29) is 5.54 Å². The minimum atomic E-state index is -3.03. The Morgan fingerprint density at radius 3 is 1.58 bits per heavy atom. The predicted octanol–water partition coefficient (Wildman–Crippen LogP) is 1.10. The third-order valence-electron chi connectivity index (χ3n) is 3.44. The summed E-state index contributed by atoms with van der Waals surface area (Å²) in [4.78, 5) is 0. The van der Waals surface area contributed by atoms with Gasteiger partial charge in [-0.05, 0) is 34.1 Å². The SMILES string of the molecule is CCO[SiH]1O[SiH](OCC)O[Si](OCC)(C(C)CC)O[SiH](OCC)O1. The molecule has 0 aromatic carbocycles. The predicted molar refractivity (Wildman–Crippen MR) is 97.8 cm³/mol. The van der Waals surface area contributed by atoms with Gasteiger partial charge in [-0.1, -0.05) is 13.8 Å². The summed E-state index contributed by atoms with van der Waals surface area (Å²) in [5.74, 6) is 0. The number of hydrogen-bond donors (Lipinski definition) is 0. The summed E-state index contributed by atoms with van der Waals surface area (Å²) in [6, 6.07) is 0. The smallest absolute Gasteiger partial charge is 0.377 e. The topological polar surface area (TPSA) is 73.8 Å². The molecule has 0 bridgehead atoms. The van der Waals surface area contributed by atoms with Crippen molar-refractivity contribution in [3.63, 3.8) is 0 Å². The molecule has 144 valence electrons. The lowest BCUT2D eigenvalue weighted by molar-refractivity contribution is 0.0529. The van der Waals surface area contributed by atoms with Gasteiger partial charge in [-0.25, -0.2) is 0 Å². The molecule has 3 atom stereocenters. The van der Waals surface area contributed by atoms with Crippen LogP contribution in [-0.2, 0) is 34.2 Å². The second-order valence-corrected chi connectivity index (χ2v) is 14.4. The summed E-state index contributed by atoms with van der Waals surface area (Å²) >= 11 is 0. The summed E-state index contributed by atoms with van der Waals surface area (Å²) in [7, 11) is -10.4. The summed E-state index contributed by atoms with van der Waals surface area (Å²) in [6.07, 6.45) is 0.860. The zero-order valence-corrected chi connectivity index (χ0v) is 20.1. The fourth-order valence-corrected chi connectivity index (χ4v) is 14.9. The van der Waals surface area contributed by atoms with Gasteiger partial charge in [0.2, 0.25) is 0 Å². The average molecular weight is 417 g/mol. The van der Waals surface area contributed by atoms with Crippen LogP contribution in [0.1, 0.15) is 48.0 Å². The maximum Gasteiger partial charge on any atom is 0.488 e. The van der Waals surface area contributed by atoms with Crippen molar-refractivity contribution in [2.45, 2.75) is 53.5 Å². The van der Waals surface area contributed by atoms with Crippen LogP contribution in [0.4, 0.5) is 0 Å². The first-order chi connectivity index (χ1) is 11.5. The van der Waals surface area contributed by atoms with Crippen molar-refractivity contribution in [2.24, 2.45) is 0 Å². The van der Waals surface area contributed by atoms with Crippen molar-refractivity contribution in [3.05, 3.63) is 0 Å². The summed E-state index contributed by atoms with van der Waals surface area (Å²) in [5, 5.41) is 0. The Labute approximate surface area is 151 Å². The molecule has 24 heavy (non-hydrogen) atoms. The number of rotatable bonds is 10. The molecule has 8 nitrogen and oxygen atoms in total. The molecule has 1 aliphatic rings. The van der Waals surface area contributed by atoms with Crippen LogP contribution in [0.15, 0.2) is 0 Å². The molecule has 1 rings (SSSR count). The van der Waals surface area contributed by atoms with Crippen molar-refractivity contribution in [2.75, 3.05) is 26.4 Å². The highest BCUT2D eigenvalue weighted by molar-refractivity contribution is 6.76. The molecule has 1 saturated heterocycles. The maximum atomic E-state index is 6.28. The molecule has 1 heterocycles. The van der Waals surface area contributed by atoms with Gasteiger partial charge in [0.05, 0.1) is 0 Å². The highest BCUT2D eigenvalue weighted by atomic mass is 28.5. The van der Waals surface area contributed by atoms with Gasteiger partial charge in [0.25, 0.3) is 0 Å². The lowest BCUT2D eigenvalue weighted by Gasteiger charge is -2.40. The fourth-order valence-electron chi connectivity index (χ4n) is 2.09. The van der Waals surface area contributed by atoms with Crippen LogP contribution in [0.2, 0.25) is 5.54 Å². The molecule has 0 radical (unpaired) electrons. The number of hydrogen-bond acceptors (Lipinski definition) is 8. The van der Waals surface area contributed by atoms with E-state index < -0.39 is 37.4 Å². The molecule has 0 spiro atoms. The monoisotopic (exact) mass is 416 g/mol. The molecule has 1 aliphatic heterocycles. The quantitative estimate of drug-likeness (QED) is 0.490. The lowest BCUT2D eigenvalue weighted by Crippen LogP contribution is -2.61. The van der Waals surface area contributed by atoms with E-state index >= 15 is 0 Å². The normalized spacial score (nSPS) is 33.0. The minimum absolute atomic E-state index is 0.0980. The Bertz CT molecular complexity index is 322. The highest BCUT2D eigenvalue weighted by Crippen LogP contribution is 2.31. The first kappa shape index (κ1) is 22.6. The highest BCUT2D eigenvalue weighted by Gasteiger charge is 2.54. The Balaban J connectivity index is 3.07. The Hall–Kier alpha value is 0.548. The van der Waals surface area contributed by atoms with E-state index in [9.17, 15) is 0 Å². The molecule has 1 fully saturated rings. The van der Waals surface area contributed by atoms with Crippen LogP contribution in [-0.4, -0.2) is 63.8 Å². The van der Waals surface area contributed by atoms with E-state index in [1.165, 1.54) is 0 Å². The van der Waals surface area contributed by atoms with Crippen LogP contribution in [0.25, 0.3) is 0 Å². The third-order valence-corrected chi connectivity index (χ3v) is 15.3. The molecule has 0 saturated carbocycles. The minimum Gasteiger partial charge on any atom is -0.377 e. The molecule has 0 amide bonds. The summed E-state index contributed by atoms with van der Waals surface area (Å²) in [5.41, 5.74) is 0.0980. The van der Waals surface area contributed by atoms with Crippen LogP contribution >= 0.6 is 0 Å². The largest absolute Gasteiger partial charge is 0.488 e. The fraction of sp³-hybridized carbons (Fsp3) is 1.00. The molecule has 0 aromatic rings. The molecule has 3 unspecified atom stereocenters. The first-order valence-corrected chi connectivity index (χ1v) is 14.7. The van der Waals surface area contributed by atoms with Crippen LogP contribution < -0.4 is 0 Å². The maximum absolute atomic E-state index is 6.28. The zero-order chi connectivity index (χ0) is 18.0. The van der Waals surface area contributed by atoms with E-state index in [4.69, 9.17) is 34.2 Å². The Morgan fingerprint density at radius 1 is 0.750 bits per heavy atom. The van der Waals surface area contributed by atoms with Gasteiger partial charge in [0, 0.05) is 32.0 Å². The van der Waals surface area contributed by atoms with Crippen molar-refractivity contribution in [1.82, 2.24) is 0 Å². The van der Waals surface area contributed by atoms with Gasteiger partial charge < -0.3 is 34.2 Å². The van der Waals surface area contributed by atoms with Crippen molar-refractivity contribution in [3.8, 4) is 0 Å².